The van der Waals surface area contributed by atoms with Crippen molar-refractivity contribution in [3.8, 4) is 22.8 Å². The maximum Gasteiger partial charge on any atom is 0.573 e. The molecule has 1 aliphatic carbocycles. The molecule has 6 rings (SSSR count). The zero-order valence-corrected chi connectivity index (χ0v) is 22.4. The molecule has 2 aliphatic rings. The molecule has 2 fully saturated rings. The molecular formula is C29H32F3N7O2. The van der Waals surface area contributed by atoms with Gasteiger partial charge in [0.05, 0.1) is 11.9 Å². The normalized spacial score (nSPS) is 21.5. The molecule has 1 aliphatic heterocycles. The molecule has 12 heteroatoms. The van der Waals surface area contributed by atoms with Crippen LogP contribution in [0, 0.1) is 0 Å². The maximum atomic E-state index is 12.5. The molecule has 1 saturated carbocycles. The fraction of sp³-hybridized carbons (Fsp3) is 0.414. The standard InChI is InChI=1S/C29H32F3N7O2/c30-29(31,32)41-24-13-7-20(8-14-24)27-16-34-28(40-27)37-26-6-2-1-5-25(26)36-21-4-3-15-38(17-21)22-9-11-23(12-10-22)39-19-33-18-35-39/h7-14,16,18-19,21,25-26,36H,1-6,15,17H2,(H,34,37)/t21-,25+,26+/m0/s1. The second kappa shape index (κ2) is 11.8. The molecule has 0 amide bonds. The van der Waals surface area contributed by atoms with Crippen molar-refractivity contribution in [2.45, 2.75) is 63.0 Å². The summed E-state index contributed by atoms with van der Waals surface area (Å²) in [5, 5.41) is 11.6. The Labute approximate surface area is 235 Å². The minimum atomic E-state index is -4.73. The monoisotopic (exact) mass is 567 g/mol. The smallest absolute Gasteiger partial charge is 0.424 e. The Kier molecular flexibility index (Phi) is 7.82. The van der Waals surface area contributed by atoms with Crippen LogP contribution in [0.3, 0.4) is 0 Å². The van der Waals surface area contributed by atoms with Crippen molar-refractivity contribution in [3.05, 3.63) is 67.4 Å². The molecule has 4 aromatic rings. The summed E-state index contributed by atoms with van der Waals surface area (Å²) in [7, 11) is 0. The molecule has 0 spiro atoms. The van der Waals surface area contributed by atoms with E-state index in [-0.39, 0.29) is 17.8 Å². The van der Waals surface area contributed by atoms with Gasteiger partial charge in [0.25, 0.3) is 6.01 Å². The lowest BCUT2D eigenvalue weighted by Crippen LogP contribution is -2.54. The molecule has 2 N–H and O–H groups in total. The summed E-state index contributed by atoms with van der Waals surface area (Å²) in [6, 6.07) is 15.2. The van der Waals surface area contributed by atoms with Gasteiger partial charge in [-0.05, 0) is 74.2 Å². The van der Waals surface area contributed by atoms with E-state index in [9.17, 15) is 13.2 Å². The maximum absolute atomic E-state index is 12.5. The molecule has 41 heavy (non-hydrogen) atoms. The van der Waals surface area contributed by atoms with E-state index in [1.54, 1.807) is 17.2 Å². The second-order valence-electron chi connectivity index (χ2n) is 10.6. The number of halogens is 3. The number of piperidine rings is 1. The lowest BCUT2D eigenvalue weighted by Gasteiger charge is -2.40. The van der Waals surface area contributed by atoms with E-state index in [4.69, 9.17) is 4.42 Å². The van der Waals surface area contributed by atoms with Crippen molar-refractivity contribution in [2.24, 2.45) is 0 Å². The zero-order chi connectivity index (χ0) is 28.2. The minimum Gasteiger partial charge on any atom is -0.424 e. The van der Waals surface area contributed by atoms with E-state index in [0.29, 0.717) is 23.4 Å². The van der Waals surface area contributed by atoms with Crippen LogP contribution in [0.25, 0.3) is 17.0 Å². The van der Waals surface area contributed by atoms with Crippen molar-refractivity contribution >= 4 is 11.7 Å². The highest BCUT2D eigenvalue weighted by Gasteiger charge is 2.32. The third-order valence-electron chi connectivity index (χ3n) is 7.72. The first kappa shape index (κ1) is 27.1. The first-order valence-corrected chi connectivity index (χ1v) is 13.9. The van der Waals surface area contributed by atoms with E-state index < -0.39 is 6.36 Å². The SMILES string of the molecule is FC(F)(F)Oc1ccc(-c2cnc(N[C@@H]3CCCC[C@H]3N[C@H]3CCCN(c4ccc(-n5cncn5)cc4)C3)o2)cc1. The third kappa shape index (κ3) is 6.82. The van der Waals surface area contributed by atoms with Gasteiger partial charge in [-0.15, -0.1) is 13.2 Å². The summed E-state index contributed by atoms with van der Waals surface area (Å²) in [6.45, 7) is 1.96. The van der Waals surface area contributed by atoms with E-state index >= 15 is 0 Å². The summed E-state index contributed by atoms with van der Waals surface area (Å²) in [5.41, 5.74) is 2.80. The Hall–Kier alpha value is -4.06. The van der Waals surface area contributed by atoms with Crippen LogP contribution >= 0.6 is 0 Å². The van der Waals surface area contributed by atoms with Crippen LogP contribution in [0.4, 0.5) is 24.9 Å². The Balaban J connectivity index is 1.06. The van der Waals surface area contributed by atoms with Crippen LogP contribution in [0.1, 0.15) is 38.5 Å². The zero-order valence-electron chi connectivity index (χ0n) is 22.4. The number of nitrogens with one attached hydrogen (secondary N) is 2. The fourth-order valence-electron chi connectivity index (χ4n) is 5.77. The van der Waals surface area contributed by atoms with Gasteiger partial charge in [-0.3, -0.25) is 0 Å². The summed E-state index contributed by atoms with van der Waals surface area (Å²) in [4.78, 5) is 10.8. The first-order chi connectivity index (χ1) is 19.9. The van der Waals surface area contributed by atoms with E-state index in [1.165, 1.54) is 42.7 Å². The van der Waals surface area contributed by atoms with Crippen molar-refractivity contribution in [2.75, 3.05) is 23.3 Å². The van der Waals surface area contributed by atoms with Gasteiger partial charge in [-0.25, -0.2) is 14.6 Å². The lowest BCUT2D eigenvalue weighted by atomic mass is 9.89. The highest BCUT2D eigenvalue weighted by Crippen LogP contribution is 2.30. The average Bonchev–Trinajstić information content (AvgIpc) is 3.67. The van der Waals surface area contributed by atoms with Gasteiger partial charge in [0, 0.05) is 42.5 Å². The van der Waals surface area contributed by atoms with Gasteiger partial charge >= 0.3 is 6.36 Å². The molecule has 0 radical (unpaired) electrons. The highest BCUT2D eigenvalue weighted by molar-refractivity contribution is 5.58. The van der Waals surface area contributed by atoms with Gasteiger partial charge in [0.15, 0.2) is 5.76 Å². The summed E-state index contributed by atoms with van der Waals surface area (Å²) < 4.78 is 49.0. The number of ether oxygens (including phenoxy) is 1. The number of rotatable bonds is 8. The van der Waals surface area contributed by atoms with Crippen molar-refractivity contribution < 1.29 is 22.3 Å². The number of benzene rings is 2. The highest BCUT2D eigenvalue weighted by atomic mass is 19.4. The van der Waals surface area contributed by atoms with Crippen molar-refractivity contribution in [3.63, 3.8) is 0 Å². The predicted octanol–water partition coefficient (Wildman–Crippen LogP) is 5.80. The Morgan fingerprint density at radius 2 is 1.66 bits per heavy atom. The number of hydrogen-bond acceptors (Lipinski definition) is 8. The van der Waals surface area contributed by atoms with Crippen LogP contribution in [-0.2, 0) is 0 Å². The van der Waals surface area contributed by atoms with Gasteiger partial charge < -0.3 is 24.7 Å². The summed E-state index contributed by atoms with van der Waals surface area (Å²) >= 11 is 0. The number of oxazole rings is 1. The first-order valence-electron chi connectivity index (χ1n) is 13.9. The third-order valence-corrected chi connectivity index (χ3v) is 7.72. The molecule has 0 bridgehead atoms. The van der Waals surface area contributed by atoms with Crippen LogP contribution < -0.4 is 20.3 Å². The van der Waals surface area contributed by atoms with Crippen molar-refractivity contribution in [1.29, 1.82) is 0 Å². The number of anilines is 2. The van der Waals surface area contributed by atoms with Crippen LogP contribution in [-0.4, -0.2) is 57.3 Å². The molecule has 2 aromatic heterocycles. The Bertz CT molecular complexity index is 1390. The minimum absolute atomic E-state index is 0.162. The molecule has 3 atom stereocenters. The quantitative estimate of drug-likeness (QED) is 0.276. The predicted molar refractivity (Wildman–Crippen MR) is 148 cm³/mol. The molecule has 2 aromatic carbocycles. The number of alkyl halides is 3. The summed E-state index contributed by atoms with van der Waals surface area (Å²) in [5.74, 6) is 0.199. The van der Waals surface area contributed by atoms with Gasteiger partial charge in [0.1, 0.15) is 18.4 Å². The number of hydrogen-bond donors (Lipinski definition) is 2. The largest absolute Gasteiger partial charge is 0.573 e. The fourth-order valence-corrected chi connectivity index (χ4v) is 5.77. The van der Waals surface area contributed by atoms with Crippen molar-refractivity contribution in [1.82, 2.24) is 25.1 Å². The average molecular weight is 568 g/mol. The van der Waals surface area contributed by atoms with E-state index in [1.807, 2.05) is 0 Å². The van der Waals surface area contributed by atoms with Crippen LogP contribution in [0.5, 0.6) is 5.75 Å². The van der Waals surface area contributed by atoms with Gasteiger partial charge in [-0.1, -0.05) is 12.8 Å². The van der Waals surface area contributed by atoms with Crippen LogP contribution in [0.15, 0.2) is 71.8 Å². The lowest BCUT2D eigenvalue weighted by molar-refractivity contribution is -0.274. The molecule has 216 valence electrons. The van der Waals surface area contributed by atoms with Gasteiger partial charge in [0.2, 0.25) is 0 Å². The molecular weight excluding hydrogens is 535 g/mol. The molecule has 3 heterocycles. The molecule has 1 saturated heterocycles. The Morgan fingerprint density at radius 1 is 0.902 bits per heavy atom. The topological polar surface area (TPSA) is 93.3 Å². The van der Waals surface area contributed by atoms with E-state index in [2.05, 4.69) is 59.6 Å². The number of nitrogens with zero attached hydrogens (tertiary/aromatic N) is 5. The second-order valence-corrected chi connectivity index (χ2v) is 10.6. The molecule has 0 unspecified atom stereocenters. The van der Waals surface area contributed by atoms with Crippen LogP contribution in [0.2, 0.25) is 0 Å². The number of aromatic nitrogens is 4. The summed E-state index contributed by atoms with van der Waals surface area (Å²) in [6.07, 6.45) is 6.67. The van der Waals surface area contributed by atoms with E-state index in [0.717, 1.165) is 50.9 Å². The Morgan fingerprint density at radius 3 is 2.39 bits per heavy atom. The van der Waals surface area contributed by atoms with Gasteiger partial charge in [-0.2, -0.15) is 5.10 Å². The molecule has 9 nitrogen and oxygen atoms in total.